The van der Waals surface area contributed by atoms with Crippen LogP contribution in [0, 0.1) is 11.3 Å². The molecule has 0 atom stereocenters. The van der Waals surface area contributed by atoms with E-state index in [-0.39, 0.29) is 11.3 Å². The maximum absolute atomic E-state index is 11.0. The van der Waals surface area contributed by atoms with Crippen molar-refractivity contribution in [1.29, 1.82) is 0 Å². The van der Waals surface area contributed by atoms with Crippen molar-refractivity contribution in [3.05, 3.63) is 0 Å². The molecule has 0 aliphatic heterocycles. The molecular formula is C7H11NO. The SMILES string of the molecule is CNC(=O)C12CC(C1)C2. The number of rotatable bonds is 1. The summed E-state index contributed by atoms with van der Waals surface area (Å²) in [6.45, 7) is 0. The second-order valence-electron chi connectivity index (χ2n) is 3.34. The monoisotopic (exact) mass is 125 g/mol. The summed E-state index contributed by atoms with van der Waals surface area (Å²) >= 11 is 0. The van der Waals surface area contributed by atoms with Crippen molar-refractivity contribution in [3.8, 4) is 0 Å². The van der Waals surface area contributed by atoms with Gasteiger partial charge in [0.1, 0.15) is 0 Å². The van der Waals surface area contributed by atoms with Gasteiger partial charge in [-0.2, -0.15) is 0 Å². The summed E-state index contributed by atoms with van der Waals surface area (Å²) in [6, 6.07) is 0. The number of carbonyl (C=O) groups is 1. The Bertz CT molecular complexity index is 147. The first-order valence-electron chi connectivity index (χ1n) is 3.49. The summed E-state index contributed by atoms with van der Waals surface area (Å²) in [5.74, 6) is 1.17. The highest BCUT2D eigenvalue weighted by atomic mass is 16.2. The van der Waals surface area contributed by atoms with Gasteiger partial charge in [0.25, 0.3) is 0 Å². The first-order chi connectivity index (χ1) is 4.27. The maximum atomic E-state index is 11.0. The molecule has 3 saturated carbocycles. The first-order valence-corrected chi connectivity index (χ1v) is 3.49. The highest BCUT2D eigenvalue weighted by molar-refractivity contribution is 5.85. The Balaban J connectivity index is 2.05. The van der Waals surface area contributed by atoms with Crippen molar-refractivity contribution >= 4 is 5.91 Å². The molecule has 2 heteroatoms. The normalized spacial score (nSPS) is 44.8. The van der Waals surface area contributed by atoms with Crippen molar-refractivity contribution < 1.29 is 4.79 Å². The Kier molecular flexibility index (Phi) is 0.765. The third-order valence-corrected chi connectivity index (χ3v) is 2.75. The molecule has 0 unspecified atom stereocenters. The van der Waals surface area contributed by atoms with Crippen molar-refractivity contribution in [2.45, 2.75) is 19.3 Å². The van der Waals surface area contributed by atoms with Gasteiger partial charge in [0.05, 0.1) is 0 Å². The van der Waals surface area contributed by atoms with Gasteiger partial charge >= 0.3 is 0 Å². The van der Waals surface area contributed by atoms with Crippen LogP contribution in [-0.2, 0) is 4.79 Å². The van der Waals surface area contributed by atoms with Gasteiger partial charge in [-0.3, -0.25) is 4.79 Å². The van der Waals surface area contributed by atoms with Crippen LogP contribution in [0.1, 0.15) is 19.3 Å². The van der Waals surface area contributed by atoms with E-state index in [1.165, 1.54) is 0 Å². The molecule has 2 nitrogen and oxygen atoms in total. The van der Waals surface area contributed by atoms with Crippen molar-refractivity contribution in [2.24, 2.45) is 11.3 Å². The minimum atomic E-state index is 0.124. The van der Waals surface area contributed by atoms with Crippen LogP contribution >= 0.6 is 0 Å². The zero-order valence-electron chi connectivity index (χ0n) is 5.61. The van der Waals surface area contributed by atoms with Crippen LogP contribution in [0.5, 0.6) is 0 Å². The second kappa shape index (κ2) is 1.31. The molecule has 0 saturated heterocycles. The molecule has 1 amide bonds. The number of carbonyl (C=O) groups excluding carboxylic acids is 1. The molecule has 0 aromatic carbocycles. The summed E-state index contributed by atoms with van der Waals surface area (Å²) in [6.07, 6.45) is 3.48. The van der Waals surface area contributed by atoms with Gasteiger partial charge in [-0.1, -0.05) is 0 Å². The lowest BCUT2D eigenvalue weighted by Gasteiger charge is -2.59. The Hall–Kier alpha value is -0.530. The van der Waals surface area contributed by atoms with Crippen molar-refractivity contribution in [1.82, 2.24) is 5.32 Å². The lowest BCUT2D eigenvalue weighted by Crippen LogP contribution is -2.59. The molecule has 3 aliphatic carbocycles. The van der Waals surface area contributed by atoms with Crippen LogP contribution in [0.15, 0.2) is 0 Å². The predicted octanol–water partition coefficient (Wildman–Crippen LogP) is 0.532. The summed E-state index contributed by atoms with van der Waals surface area (Å²) < 4.78 is 0. The Labute approximate surface area is 54.6 Å². The summed E-state index contributed by atoms with van der Waals surface area (Å²) in [7, 11) is 1.72. The van der Waals surface area contributed by atoms with Crippen LogP contribution in [0.2, 0.25) is 0 Å². The van der Waals surface area contributed by atoms with Crippen LogP contribution < -0.4 is 5.32 Å². The molecule has 2 bridgehead atoms. The van der Waals surface area contributed by atoms with Gasteiger partial charge in [0, 0.05) is 12.5 Å². The van der Waals surface area contributed by atoms with E-state index in [1.807, 2.05) is 0 Å². The molecular weight excluding hydrogens is 114 g/mol. The zero-order chi connectivity index (χ0) is 6.48. The van der Waals surface area contributed by atoms with E-state index in [2.05, 4.69) is 5.32 Å². The van der Waals surface area contributed by atoms with Crippen molar-refractivity contribution in [2.75, 3.05) is 7.05 Å². The Morgan fingerprint density at radius 3 is 2.22 bits per heavy atom. The summed E-state index contributed by atoms with van der Waals surface area (Å²) in [4.78, 5) is 11.0. The van der Waals surface area contributed by atoms with E-state index >= 15 is 0 Å². The molecule has 9 heavy (non-hydrogen) atoms. The fraction of sp³-hybridized carbons (Fsp3) is 0.857. The molecule has 50 valence electrons. The number of hydrogen-bond donors (Lipinski definition) is 1. The van der Waals surface area contributed by atoms with Crippen LogP contribution in [0.25, 0.3) is 0 Å². The van der Waals surface area contributed by atoms with E-state index in [0.717, 1.165) is 25.2 Å². The summed E-state index contributed by atoms with van der Waals surface area (Å²) in [5, 5.41) is 2.71. The standard InChI is InChI=1S/C7H11NO/c1-8-6(9)7-2-5(3-7)4-7/h5H,2-4H2,1H3,(H,8,9). The van der Waals surface area contributed by atoms with Gasteiger partial charge < -0.3 is 5.32 Å². The number of amides is 1. The topological polar surface area (TPSA) is 29.1 Å². The van der Waals surface area contributed by atoms with Gasteiger partial charge in [-0.25, -0.2) is 0 Å². The van der Waals surface area contributed by atoms with Gasteiger partial charge in [-0.05, 0) is 25.2 Å². The molecule has 0 aromatic rings. The van der Waals surface area contributed by atoms with Gasteiger partial charge in [0.15, 0.2) is 0 Å². The minimum Gasteiger partial charge on any atom is -0.359 e. The Morgan fingerprint density at radius 1 is 1.56 bits per heavy atom. The zero-order valence-corrected chi connectivity index (χ0v) is 5.61. The van der Waals surface area contributed by atoms with Gasteiger partial charge in [-0.15, -0.1) is 0 Å². The van der Waals surface area contributed by atoms with E-state index in [9.17, 15) is 4.79 Å². The summed E-state index contributed by atoms with van der Waals surface area (Å²) in [5.41, 5.74) is 0.124. The molecule has 3 rings (SSSR count). The third-order valence-electron chi connectivity index (χ3n) is 2.75. The van der Waals surface area contributed by atoms with Crippen molar-refractivity contribution in [3.63, 3.8) is 0 Å². The fourth-order valence-electron chi connectivity index (χ4n) is 2.02. The number of hydrogen-bond acceptors (Lipinski definition) is 1. The maximum Gasteiger partial charge on any atom is 0.225 e. The van der Waals surface area contributed by atoms with E-state index in [0.29, 0.717) is 0 Å². The predicted molar refractivity (Wildman–Crippen MR) is 33.8 cm³/mol. The lowest BCUT2D eigenvalue weighted by molar-refractivity contribution is -0.164. The molecule has 0 spiro atoms. The molecule has 0 radical (unpaired) electrons. The second-order valence-corrected chi connectivity index (χ2v) is 3.34. The largest absolute Gasteiger partial charge is 0.359 e. The highest BCUT2D eigenvalue weighted by Gasteiger charge is 2.60. The van der Waals surface area contributed by atoms with Crippen LogP contribution in [-0.4, -0.2) is 13.0 Å². The van der Waals surface area contributed by atoms with E-state index < -0.39 is 0 Å². The molecule has 1 N–H and O–H groups in total. The fourth-order valence-corrected chi connectivity index (χ4v) is 2.02. The Morgan fingerprint density at radius 2 is 2.11 bits per heavy atom. The smallest absolute Gasteiger partial charge is 0.225 e. The molecule has 3 aliphatic rings. The molecule has 3 fully saturated rings. The minimum absolute atomic E-state index is 0.124. The average Bonchev–Trinajstić information content (AvgIpc) is 1.57. The highest BCUT2D eigenvalue weighted by Crippen LogP contribution is 2.64. The molecule has 0 aromatic heterocycles. The van der Waals surface area contributed by atoms with Gasteiger partial charge in [0.2, 0.25) is 5.91 Å². The average molecular weight is 125 g/mol. The van der Waals surface area contributed by atoms with E-state index in [1.54, 1.807) is 7.05 Å². The quantitative estimate of drug-likeness (QED) is 0.544. The van der Waals surface area contributed by atoms with Crippen LogP contribution in [0.3, 0.4) is 0 Å². The van der Waals surface area contributed by atoms with Crippen LogP contribution in [0.4, 0.5) is 0 Å². The third kappa shape index (κ3) is 0.443. The molecule has 0 heterocycles. The first kappa shape index (κ1) is 5.27. The number of nitrogens with one attached hydrogen (secondary N) is 1. The van der Waals surface area contributed by atoms with E-state index in [4.69, 9.17) is 0 Å². The lowest BCUT2D eigenvalue weighted by atomic mass is 9.44.